The Morgan fingerprint density at radius 1 is 1.29 bits per heavy atom. The summed E-state index contributed by atoms with van der Waals surface area (Å²) in [6.45, 7) is 5.77. The van der Waals surface area contributed by atoms with Crippen LogP contribution >= 0.6 is 0 Å². The third kappa shape index (κ3) is 8.55. The van der Waals surface area contributed by atoms with Crippen LogP contribution in [0.4, 0.5) is 4.79 Å². The van der Waals surface area contributed by atoms with Crippen LogP contribution < -0.4 is 10.6 Å². The highest BCUT2D eigenvalue weighted by Crippen LogP contribution is 2.15. The molecule has 1 aliphatic heterocycles. The van der Waals surface area contributed by atoms with E-state index in [0.717, 1.165) is 32.3 Å². The van der Waals surface area contributed by atoms with Gasteiger partial charge in [-0.15, -0.1) is 0 Å². The first-order valence-electron chi connectivity index (χ1n) is 7.82. The lowest BCUT2D eigenvalue weighted by Gasteiger charge is -2.23. The summed E-state index contributed by atoms with van der Waals surface area (Å²) in [4.78, 5) is 22.6. The largest absolute Gasteiger partial charge is 0.481 e. The molecule has 0 aromatic heterocycles. The van der Waals surface area contributed by atoms with Crippen molar-refractivity contribution >= 4 is 12.0 Å². The molecule has 21 heavy (non-hydrogen) atoms. The first-order valence-corrected chi connectivity index (χ1v) is 7.82. The number of carbonyl (C=O) groups excluding carboxylic acids is 1. The molecule has 6 heteroatoms. The number of carbonyl (C=O) groups is 2. The lowest BCUT2D eigenvalue weighted by Crippen LogP contribution is -2.43. The van der Waals surface area contributed by atoms with Gasteiger partial charge in [0.25, 0.3) is 0 Å². The predicted molar refractivity (Wildman–Crippen MR) is 80.2 cm³/mol. The number of ether oxygens (including phenoxy) is 1. The van der Waals surface area contributed by atoms with E-state index in [-0.39, 0.29) is 24.5 Å². The zero-order chi connectivity index (χ0) is 15.7. The maximum atomic E-state index is 11.7. The molecule has 0 saturated carbocycles. The van der Waals surface area contributed by atoms with Crippen LogP contribution in [-0.2, 0) is 9.53 Å². The summed E-state index contributed by atoms with van der Waals surface area (Å²) in [6, 6.07) is -0.247. The van der Waals surface area contributed by atoms with Gasteiger partial charge < -0.3 is 20.5 Å². The van der Waals surface area contributed by atoms with Crippen LogP contribution in [0.1, 0.15) is 46.0 Å². The van der Waals surface area contributed by atoms with Crippen LogP contribution in [0, 0.1) is 11.8 Å². The molecule has 1 aliphatic rings. The maximum Gasteiger partial charge on any atom is 0.314 e. The van der Waals surface area contributed by atoms with Crippen LogP contribution in [0.5, 0.6) is 0 Å². The van der Waals surface area contributed by atoms with Crippen molar-refractivity contribution in [1.82, 2.24) is 10.6 Å². The first kappa shape index (κ1) is 17.8. The van der Waals surface area contributed by atoms with Crippen LogP contribution in [0.15, 0.2) is 0 Å². The quantitative estimate of drug-likeness (QED) is 0.639. The number of nitrogens with one attached hydrogen (secondary N) is 2. The predicted octanol–water partition coefficient (Wildman–Crippen LogP) is 1.99. The number of aliphatic carboxylic acids is 1. The molecule has 0 radical (unpaired) electrons. The van der Waals surface area contributed by atoms with E-state index in [1.54, 1.807) is 0 Å². The third-order valence-corrected chi connectivity index (χ3v) is 3.58. The molecule has 122 valence electrons. The molecule has 1 rings (SSSR count). The maximum absolute atomic E-state index is 11.7. The zero-order valence-electron chi connectivity index (χ0n) is 13.1. The number of carboxylic acid groups (broad SMARTS) is 1. The monoisotopic (exact) mass is 300 g/mol. The molecule has 1 fully saturated rings. The molecule has 1 saturated heterocycles. The minimum absolute atomic E-state index is 0.0285. The van der Waals surface area contributed by atoms with Gasteiger partial charge in [-0.2, -0.15) is 0 Å². The van der Waals surface area contributed by atoms with Gasteiger partial charge in [0, 0.05) is 26.1 Å². The summed E-state index contributed by atoms with van der Waals surface area (Å²) >= 11 is 0. The molecule has 0 aliphatic carbocycles. The molecule has 2 atom stereocenters. The Kier molecular flexibility index (Phi) is 8.12. The minimum Gasteiger partial charge on any atom is -0.481 e. The Balaban J connectivity index is 2.23. The second-order valence-corrected chi connectivity index (χ2v) is 6.17. The van der Waals surface area contributed by atoms with E-state index in [1.807, 2.05) is 0 Å². The molecule has 6 nitrogen and oxygen atoms in total. The van der Waals surface area contributed by atoms with Crippen molar-refractivity contribution < 1.29 is 19.4 Å². The molecular formula is C15H28N2O4. The smallest absolute Gasteiger partial charge is 0.314 e. The minimum atomic E-state index is -0.821. The van der Waals surface area contributed by atoms with Crippen LogP contribution in [-0.4, -0.2) is 42.9 Å². The molecule has 0 aromatic rings. The summed E-state index contributed by atoms with van der Waals surface area (Å²) in [7, 11) is 0. The van der Waals surface area contributed by atoms with Crippen molar-refractivity contribution in [3.63, 3.8) is 0 Å². The van der Waals surface area contributed by atoms with E-state index in [9.17, 15) is 9.59 Å². The van der Waals surface area contributed by atoms with Crippen molar-refractivity contribution in [2.45, 2.75) is 52.1 Å². The Hall–Kier alpha value is -1.30. The highest BCUT2D eigenvalue weighted by atomic mass is 16.5. The fourth-order valence-corrected chi connectivity index (χ4v) is 2.63. The molecule has 1 unspecified atom stereocenters. The Morgan fingerprint density at radius 3 is 2.62 bits per heavy atom. The standard InChI is InChI=1S/C15H28N2O4/c1-11(2)7-12(8-14(18)19)9-16-15(20)17-10-13-5-3-4-6-21-13/h11-13H,3-10H2,1-2H3,(H,18,19)(H2,16,17,20)/t12-,13?/m0/s1. The SMILES string of the molecule is CC(C)C[C@H](CNC(=O)NCC1CCCCO1)CC(=O)O. The van der Waals surface area contributed by atoms with Crippen LogP contribution in [0.2, 0.25) is 0 Å². The summed E-state index contributed by atoms with van der Waals surface area (Å²) < 4.78 is 5.54. The molecule has 0 spiro atoms. The lowest BCUT2D eigenvalue weighted by molar-refractivity contribution is -0.138. The zero-order valence-corrected chi connectivity index (χ0v) is 13.1. The molecule has 0 aromatic carbocycles. The summed E-state index contributed by atoms with van der Waals surface area (Å²) in [5, 5.41) is 14.4. The van der Waals surface area contributed by atoms with Crippen molar-refractivity contribution in [1.29, 1.82) is 0 Å². The number of hydrogen-bond acceptors (Lipinski definition) is 3. The van der Waals surface area contributed by atoms with Gasteiger partial charge in [0.2, 0.25) is 0 Å². The topological polar surface area (TPSA) is 87.7 Å². The third-order valence-electron chi connectivity index (χ3n) is 3.58. The van der Waals surface area contributed by atoms with Gasteiger partial charge in [0.15, 0.2) is 0 Å². The van der Waals surface area contributed by atoms with Gasteiger partial charge in [-0.1, -0.05) is 13.8 Å². The number of amides is 2. The number of rotatable bonds is 8. The van der Waals surface area contributed by atoms with E-state index < -0.39 is 5.97 Å². The second kappa shape index (κ2) is 9.60. The van der Waals surface area contributed by atoms with Crippen molar-refractivity contribution in [2.24, 2.45) is 11.8 Å². The van der Waals surface area contributed by atoms with Gasteiger partial charge in [-0.05, 0) is 37.5 Å². The number of urea groups is 1. The highest BCUT2D eigenvalue weighted by Gasteiger charge is 2.17. The molecule has 0 bridgehead atoms. The van der Waals surface area contributed by atoms with E-state index in [2.05, 4.69) is 24.5 Å². The van der Waals surface area contributed by atoms with Gasteiger partial charge in [0.1, 0.15) is 0 Å². The Labute approximate surface area is 126 Å². The normalized spacial score (nSPS) is 20.0. The van der Waals surface area contributed by atoms with Crippen LogP contribution in [0.3, 0.4) is 0 Å². The summed E-state index contributed by atoms with van der Waals surface area (Å²) in [5.41, 5.74) is 0. The van der Waals surface area contributed by atoms with Gasteiger partial charge in [0.05, 0.1) is 6.10 Å². The Morgan fingerprint density at radius 2 is 2.05 bits per heavy atom. The van der Waals surface area contributed by atoms with E-state index in [4.69, 9.17) is 9.84 Å². The van der Waals surface area contributed by atoms with Gasteiger partial charge in [-0.3, -0.25) is 4.79 Å². The van der Waals surface area contributed by atoms with Crippen molar-refractivity contribution in [3.8, 4) is 0 Å². The molecular weight excluding hydrogens is 272 g/mol. The molecule has 1 heterocycles. The average molecular weight is 300 g/mol. The molecule has 3 N–H and O–H groups in total. The van der Waals surface area contributed by atoms with E-state index in [1.165, 1.54) is 0 Å². The Bertz CT molecular complexity index is 328. The van der Waals surface area contributed by atoms with E-state index in [0.29, 0.717) is 19.0 Å². The summed E-state index contributed by atoms with van der Waals surface area (Å²) in [6.07, 6.45) is 4.20. The second-order valence-electron chi connectivity index (χ2n) is 6.17. The highest BCUT2D eigenvalue weighted by molar-refractivity contribution is 5.74. The number of carboxylic acids is 1. The van der Waals surface area contributed by atoms with Crippen molar-refractivity contribution in [3.05, 3.63) is 0 Å². The van der Waals surface area contributed by atoms with E-state index >= 15 is 0 Å². The van der Waals surface area contributed by atoms with Crippen molar-refractivity contribution in [2.75, 3.05) is 19.7 Å². The first-order chi connectivity index (χ1) is 9.97. The van der Waals surface area contributed by atoms with Gasteiger partial charge >= 0.3 is 12.0 Å². The number of hydrogen-bond donors (Lipinski definition) is 3. The van der Waals surface area contributed by atoms with Crippen LogP contribution in [0.25, 0.3) is 0 Å². The average Bonchev–Trinajstić information content (AvgIpc) is 2.42. The fourth-order valence-electron chi connectivity index (χ4n) is 2.63. The fraction of sp³-hybridized carbons (Fsp3) is 0.867. The van der Waals surface area contributed by atoms with Gasteiger partial charge in [-0.25, -0.2) is 4.79 Å². The lowest BCUT2D eigenvalue weighted by atomic mass is 9.94. The summed E-state index contributed by atoms with van der Waals surface area (Å²) in [5.74, 6) is -0.438. The molecule has 2 amide bonds.